The van der Waals surface area contributed by atoms with E-state index in [-0.39, 0.29) is 0 Å². The summed E-state index contributed by atoms with van der Waals surface area (Å²) in [5.41, 5.74) is 5.58. The highest BCUT2D eigenvalue weighted by Gasteiger charge is 2.14. The zero-order chi connectivity index (χ0) is 14.0. The van der Waals surface area contributed by atoms with E-state index in [1.807, 2.05) is 0 Å². The van der Waals surface area contributed by atoms with Gasteiger partial charge in [0.15, 0.2) is 0 Å². The molecule has 0 heterocycles. The first-order chi connectivity index (χ1) is 9.00. The van der Waals surface area contributed by atoms with Crippen LogP contribution in [0.5, 0.6) is 0 Å². The Balaban J connectivity index is 2.63. The highest BCUT2D eigenvalue weighted by molar-refractivity contribution is 14.1. The van der Waals surface area contributed by atoms with Crippen LogP contribution >= 0.6 is 22.6 Å². The molecule has 0 radical (unpaired) electrons. The smallest absolute Gasteiger partial charge is 0.0200 e. The van der Waals surface area contributed by atoms with Crippen LogP contribution in [0.2, 0.25) is 0 Å². The molecule has 0 aromatic heterocycles. The zero-order valence-corrected chi connectivity index (χ0v) is 14.2. The van der Waals surface area contributed by atoms with Gasteiger partial charge in [0.1, 0.15) is 0 Å². The Morgan fingerprint density at radius 3 is 1.63 bits per heavy atom. The highest BCUT2D eigenvalue weighted by Crippen LogP contribution is 2.34. The van der Waals surface area contributed by atoms with Crippen LogP contribution < -0.4 is 0 Å². The topological polar surface area (TPSA) is 0 Å². The quantitative estimate of drug-likeness (QED) is 0.569. The average Bonchev–Trinajstić information content (AvgIpc) is 2.39. The summed E-state index contributed by atoms with van der Waals surface area (Å²) in [7, 11) is 0. The lowest BCUT2D eigenvalue weighted by atomic mass is 9.91. The van der Waals surface area contributed by atoms with Crippen LogP contribution in [0.15, 0.2) is 42.5 Å². The van der Waals surface area contributed by atoms with Crippen LogP contribution in [-0.2, 0) is 0 Å². The molecule has 0 fully saturated rings. The summed E-state index contributed by atoms with van der Waals surface area (Å²) in [6.45, 7) is 9.10. The molecule has 2 aromatic rings. The van der Waals surface area contributed by atoms with Crippen molar-refractivity contribution in [2.24, 2.45) is 0 Å². The van der Waals surface area contributed by atoms with Crippen LogP contribution in [0.3, 0.4) is 0 Å². The van der Waals surface area contributed by atoms with Gasteiger partial charge in [0.2, 0.25) is 0 Å². The second-order valence-electron chi connectivity index (χ2n) is 5.64. The van der Waals surface area contributed by atoms with Crippen molar-refractivity contribution in [1.82, 2.24) is 0 Å². The Kier molecular flexibility index (Phi) is 4.67. The molecule has 0 amide bonds. The van der Waals surface area contributed by atoms with E-state index < -0.39 is 0 Å². The van der Waals surface area contributed by atoms with Crippen LogP contribution in [-0.4, -0.2) is 0 Å². The first kappa shape index (κ1) is 14.6. The van der Waals surface area contributed by atoms with E-state index in [4.69, 9.17) is 0 Å². The molecule has 100 valence electrons. The minimum absolute atomic E-state index is 0.563. The molecule has 0 aliphatic heterocycles. The first-order valence-electron chi connectivity index (χ1n) is 6.89. The molecule has 2 aromatic carbocycles. The molecular formula is C18H21I. The lowest BCUT2D eigenvalue weighted by molar-refractivity contribution is 0.823. The maximum atomic E-state index is 2.51. The van der Waals surface area contributed by atoms with Gasteiger partial charge in [0.05, 0.1) is 0 Å². The van der Waals surface area contributed by atoms with Crippen LogP contribution in [0.4, 0.5) is 0 Å². The highest BCUT2D eigenvalue weighted by atomic mass is 127. The predicted molar refractivity (Wildman–Crippen MR) is 92.8 cm³/mol. The van der Waals surface area contributed by atoms with Crippen molar-refractivity contribution in [2.45, 2.75) is 39.5 Å². The zero-order valence-electron chi connectivity index (χ0n) is 12.1. The van der Waals surface area contributed by atoms with Crippen molar-refractivity contribution in [3.8, 4) is 11.1 Å². The van der Waals surface area contributed by atoms with E-state index in [0.717, 1.165) is 0 Å². The van der Waals surface area contributed by atoms with Gasteiger partial charge in [-0.1, -0.05) is 58.0 Å². The molecular weight excluding hydrogens is 343 g/mol. The van der Waals surface area contributed by atoms with Gasteiger partial charge in [-0.3, -0.25) is 0 Å². The normalized spacial score (nSPS) is 11.3. The molecule has 1 heteroatoms. The summed E-state index contributed by atoms with van der Waals surface area (Å²) >= 11 is 2.51. The summed E-state index contributed by atoms with van der Waals surface area (Å²) in [6.07, 6.45) is 0. The molecule has 0 unspecified atom stereocenters. The van der Waals surface area contributed by atoms with E-state index in [2.05, 4.69) is 92.8 Å². The molecule has 2 rings (SSSR count). The summed E-state index contributed by atoms with van der Waals surface area (Å²) < 4.78 is 1.43. The van der Waals surface area contributed by atoms with Crippen molar-refractivity contribution < 1.29 is 0 Å². The number of benzene rings is 2. The summed E-state index contributed by atoms with van der Waals surface area (Å²) in [4.78, 5) is 0. The number of rotatable bonds is 3. The fourth-order valence-electron chi connectivity index (χ4n) is 2.31. The Morgan fingerprint density at radius 2 is 1.21 bits per heavy atom. The maximum absolute atomic E-state index is 2.51. The maximum Gasteiger partial charge on any atom is 0.0200 e. The van der Waals surface area contributed by atoms with Gasteiger partial charge in [0.25, 0.3) is 0 Å². The minimum atomic E-state index is 0.563. The van der Waals surface area contributed by atoms with Crippen molar-refractivity contribution in [3.63, 3.8) is 0 Å². The molecule has 0 aliphatic rings. The molecule has 0 N–H and O–H groups in total. The molecule has 0 bridgehead atoms. The molecule has 0 atom stereocenters. The third-order valence-electron chi connectivity index (χ3n) is 3.48. The molecule has 0 spiro atoms. The van der Waals surface area contributed by atoms with Gasteiger partial charge >= 0.3 is 0 Å². The van der Waals surface area contributed by atoms with E-state index in [1.165, 1.54) is 25.8 Å². The van der Waals surface area contributed by atoms with E-state index in [9.17, 15) is 0 Å². The van der Waals surface area contributed by atoms with Gasteiger partial charge in [-0.2, -0.15) is 0 Å². The Morgan fingerprint density at radius 1 is 0.737 bits per heavy atom. The van der Waals surface area contributed by atoms with E-state index >= 15 is 0 Å². The molecule has 0 aliphatic carbocycles. The number of halogens is 1. The van der Waals surface area contributed by atoms with E-state index in [0.29, 0.717) is 11.8 Å². The molecule has 0 nitrogen and oxygen atoms in total. The third-order valence-corrected chi connectivity index (χ3v) is 4.73. The summed E-state index contributed by atoms with van der Waals surface area (Å²) in [5, 5.41) is 0. The van der Waals surface area contributed by atoms with E-state index in [1.54, 1.807) is 0 Å². The molecule has 0 saturated carbocycles. The van der Waals surface area contributed by atoms with Crippen LogP contribution in [0, 0.1) is 3.57 Å². The first-order valence-corrected chi connectivity index (χ1v) is 7.97. The Labute approximate surface area is 130 Å². The second kappa shape index (κ2) is 6.08. The number of hydrogen-bond acceptors (Lipinski definition) is 0. The predicted octanol–water partition coefficient (Wildman–Crippen LogP) is 6.21. The Bertz CT molecular complexity index is 524. The SMILES string of the molecule is CC(C)c1cc(-c2ccccc2)cc(C(C)C)c1I. The van der Waals surface area contributed by atoms with Crippen molar-refractivity contribution in [3.05, 3.63) is 57.2 Å². The lowest BCUT2D eigenvalue weighted by Gasteiger charge is -2.18. The molecule has 19 heavy (non-hydrogen) atoms. The van der Waals surface area contributed by atoms with Crippen molar-refractivity contribution in [2.75, 3.05) is 0 Å². The van der Waals surface area contributed by atoms with Gasteiger partial charge < -0.3 is 0 Å². The minimum Gasteiger partial charge on any atom is -0.0622 e. The van der Waals surface area contributed by atoms with Gasteiger partial charge in [-0.05, 0) is 68.8 Å². The third kappa shape index (κ3) is 3.19. The lowest BCUT2D eigenvalue weighted by Crippen LogP contribution is -2.00. The summed E-state index contributed by atoms with van der Waals surface area (Å²) in [5.74, 6) is 1.13. The van der Waals surface area contributed by atoms with Gasteiger partial charge in [-0.15, -0.1) is 0 Å². The largest absolute Gasteiger partial charge is 0.0622 e. The van der Waals surface area contributed by atoms with Gasteiger partial charge in [0, 0.05) is 3.57 Å². The fraction of sp³-hybridized carbons (Fsp3) is 0.333. The molecule has 0 saturated heterocycles. The van der Waals surface area contributed by atoms with Crippen molar-refractivity contribution >= 4 is 22.6 Å². The number of hydrogen-bond donors (Lipinski definition) is 0. The van der Waals surface area contributed by atoms with Crippen LogP contribution in [0.25, 0.3) is 11.1 Å². The Hall–Kier alpha value is -0.830. The average molecular weight is 364 g/mol. The van der Waals surface area contributed by atoms with Crippen LogP contribution in [0.1, 0.15) is 50.7 Å². The standard InChI is InChI=1S/C18H21I/c1-12(2)16-10-15(14-8-6-5-7-9-14)11-17(13(3)4)18(16)19/h5-13H,1-4H3. The summed E-state index contributed by atoms with van der Waals surface area (Å²) in [6, 6.07) is 15.4. The second-order valence-corrected chi connectivity index (χ2v) is 6.72. The van der Waals surface area contributed by atoms with Gasteiger partial charge in [-0.25, -0.2) is 0 Å². The van der Waals surface area contributed by atoms with Crippen molar-refractivity contribution in [1.29, 1.82) is 0 Å². The monoisotopic (exact) mass is 364 g/mol. The fourth-order valence-corrected chi connectivity index (χ4v) is 3.86.